The lowest BCUT2D eigenvalue weighted by molar-refractivity contribution is 0.322. The first-order valence-corrected chi connectivity index (χ1v) is 8.28. The molecule has 1 aliphatic heterocycles. The highest BCUT2D eigenvalue weighted by Gasteiger charge is 2.30. The van der Waals surface area contributed by atoms with Gasteiger partial charge in [-0.25, -0.2) is 8.42 Å². The Bertz CT molecular complexity index is 544. The van der Waals surface area contributed by atoms with Gasteiger partial charge in [0.1, 0.15) is 4.90 Å². The van der Waals surface area contributed by atoms with E-state index in [1.165, 1.54) is 16.7 Å². The molecule has 1 N–H and O–H groups in total. The molecule has 8 heteroatoms. The zero-order valence-electron chi connectivity index (χ0n) is 10.6. The Morgan fingerprint density at radius 3 is 2.74 bits per heavy atom. The van der Waals surface area contributed by atoms with E-state index in [1.807, 2.05) is 6.92 Å². The van der Waals surface area contributed by atoms with Crippen LogP contribution in [-0.2, 0) is 10.0 Å². The van der Waals surface area contributed by atoms with E-state index in [0.717, 1.165) is 0 Å². The van der Waals surface area contributed by atoms with E-state index in [9.17, 15) is 8.42 Å². The van der Waals surface area contributed by atoms with E-state index in [0.29, 0.717) is 43.0 Å². The van der Waals surface area contributed by atoms with Gasteiger partial charge in [-0.2, -0.15) is 4.31 Å². The van der Waals surface area contributed by atoms with E-state index in [2.05, 4.69) is 26.2 Å². The fourth-order valence-electron chi connectivity index (χ4n) is 1.90. The molecule has 0 aliphatic carbocycles. The number of nitrogens with zero attached hydrogens (tertiary/aromatic N) is 2. The first-order valence-electron chi connectivity index (χ1n) is 6.04. The SMILES string of the molecule is CCOc1c(Br)cncc1S(=O)(=O)N1CCNCC1. The summed E-state index contributed by atoms with van der Waals surface area (Å²) in [4.78, 5) is 4.06. The summed E-state index contributed by atoms with van der Waals surface area (Å²) in [5.41, 5.74) is 0. The fourth-order valence-corrected chi connectivity index (χ4v) is 4.01. The number of hydrogen-bond acceptors (Lipinski definition) is 5. The molecule has 1 aromatic heterocycles. The van der Waals surface area contributed by atoms with Crippen LogP contribution in [0.25, 0.3) is 0 Å². The average molecular weight is 350 g/mol. The molecule has 0 bridgehead atoms. The molecule has 6 nitrogen and oxygen atoms in total. The van der Waals surface area contributed by atoms with E-state index >= 15 is 0 Å². The number of pyridine rings is 1. The maximum Gasteiger partial charge on any atom is 0.248 e. The molecule has 106 valence electrons. The molecule has 0 spiro atoms. The summed E-state index contributed by atoms with van der Waals surface area (Å²) in [5.74, 6) is 0.330. The maximum atomic E-state index is 12.6. The van der Waals surface area contributed by atoms with Crippen LogP contribution in [0.2, 0.25) is 0 Å². The van der Waals surface area contributed by atoms with Gasteiger partial charge >= 0.3 is 0 Å². The Kier molecular flexibility index (Phi) is 4.77. The summed E-state index contributed by atoms with van der Waals surface area (Å²) < 4.78 is 32.6. The lowest BCUT2D eigenvalue weighted by Gasteiger charge is -2.27. The second-order valence-corrected chi connectivity index (χ2v) is 6.80. The standard InChI is InChI=1S/C11H16BrN3O3S/c1-2-18-11-9(12)7-14-8-10(11)19(16,17)15-5-3-13-4-6-15/h7-8,13H,2-6H2,1H3. The number of nitrogens with one attached hydrogen (secondary N) is 1. The number of rotatable bonds is 4. The van der Waals surface area contributed by atoms with Crippen molar-refractivity contribution in [2.45, 2.75) is 11.8 Å². The topological polar surface area (TPSA) is 71.5 Å². The lowest BCUT2D eigenvalue weighted by atomic mass is 10.4. The number of piperazine rings is 1. The van der Waals surface area contributed by atoms with Crippen molar-refractivity contribution < 1.29 is 13.2 Å². The van der Waals surface area contributed by atoms with Gasteiger partial charge in [-0.05, 0) is 22.9 Å². The van der Waals surface area contributed by atoms with Gasteiger partial charge < -0.3 is 10.1 Å². The van der Waals surface area contributed by atoms with Crippen LogP contribution in [-0.4, -0.2) is 50.5 Å². The van der Waals surface area contributed by atoms with Crippen LogP contribution < -0.4 is 10.1 Å². The molecule has 0 amide bonds. The first-order chi connectivity index (χ1) is 9.07. The molecule has 1 aromatic rings. The van der Waals surface area contributed by atoms with E-state index < -0.39 is 10.0 Å². The van der Waals surface area contributed by atoms with Crippen LogP contribution >= 0.6 is 15.9 Å². The van der Waals surface area contributed by atoms with Crippen molar-refractivity contribution in [1.82, 2.24) is 14.6 Å². The predicted molar refractivity (Wildman–Crippen MR) is 74.7 cm³/mol. The quantitative estimate of drug-likeness (QED) is 0.871. The van der Waals surface area contributed by atoms with Crippen LogP contribution in [0, 0.1) is 0 Å². The molecule has 1 fully saturated rings. The Hall–Kier alpha value is -0.700. The monoisotopic (exact) mass is 349 g/mol. The number of aromatic nitrogens is 1. The minimum Gasteiger partial charge on any atom is -0.491 e. The maximum absolute atomic E-state index is 12.6. The highest BCUT2D eigenvalue weighted by Crippen LogP contribution is 2.33. The van der Waals surface area contributed by atoms with Crippen LogP contribution in [0.5, 0.6) is 5.75 Å². The van der Waals surface area contributed by atoms with Crippen molar-refractivity contribution in [2.24, 2.45) is 0 Å². The Morgan fingerprint density at radius 2 is 2.11 bits per heavy atom. The highest BCUT2D eigenvalue weighted by atomic mass is 79.9. The third-order valence-corrected chi connectivity index (χ3v) is 5.26. The van der Waals surface area contributed by atoms with Gasteiger partial charge in [-0.15, -0.1) is 0 Å². The molecule has 1 aliphatic rings. The van der Waals surface area contributed by atoms with Crippen molar-refractivity contribution in [3.63, 3.8) is 0 Å². The third-order valence-electron chi connectivity index (χ3n) is 2.80. The van der Waals surface area contributed by atoms with Crippen LogP contribution in [0.4, 0.5) is 0 Å². The first kappa shape index (κ1) is 14.7. The lowest BCUT2D eigenvalue weighted by Crippen LogP contribution is -2.46. The van der Waals surface area contributed by atoms with Crippen molar-refractivity contribution in [3.05, 3.63) is 16.9 Å². The van der Waals surface area contributed by atoms with Gasteiger partial charge in [0.2, 0.25) is 10.0 Å². The number of hydrogen-bond donors (Lipinski definition) is 1. The average Bonchev–Trinajstić information content (AvgIpc) is 2.42. The van der Waals surface area contributed by atoms with Crippen LogP contribution in [0.15, 0.2) is 21.8 Å². The molecule has 0 aromatic carbocycles. The van der Waals surface area contributed by atoms with Crippen molar-refractivity contribution >= 4 is 26.0 Å². The van der Waals surface area contributed by atoms with Crippen LogP contribution in [0.3, 0.4) is 0 Å². The minimum absolute atomic E-state index is 0.116. The molecule has 0 radical (unpaired) electrons. The van der Waals surface area contributed by atoms with Crippen molar-refractivity contribution in [3.8, 4) is 5.75 Å². The molecular formula is C11H16BrN3O3S. The molecule has 0 unspecified atom stereocenters. The summed E-state index contributed by atoms with van der Waals surface area (Å²) in [6, 6.07) is 0. The van der Waals surface area contributed by atoms with Gasteiger partial charge in [0, 0.05) is 32.4 Å². The second kappa shape index (κ2) is 6.17. The summed E-state index contributed by atoms with van der Waals surface area (Å²) in [5, 5.41) is 3.13. The van der Waals surface area contributed by atoms with E-state index in [1.54, 1.807) is 0 Å². The largest absolute Gasteiger partial charge is 0.491 e. The van der Waals surface area contributed by atoms with Gasteiger partial charge in [0.05, 0.1) is 17.3 Å². The zero-order chi connectivity index (χ0) is 13.9. The molecule has 1 saturated heterocycles. The molecular weight excluding hydrogens is 334 g/mol. The number of ether oxygens (including phenoxy) is 1. The van der Waals surface area contributed by atoms with Gasteiger partial charge in [-0.3, -0.25) is 4.98 Å². The highest BCUT2D eigenvalue weighted by molar-refractivity contribution is 9.10. The predicted octanol–water partition coefficient (Wildman–Crippen LogP) is 0.837. The Balaban J connectivity index is 2.42. The summed E-state index contributed by atoms with van der Waals surface area (Å²) in [6.45, 7) is 4.44. The molecule has 2 rings (SSSR count). The Morgan fingerprint density at radius 1 is 1.42 bits per heavy atom. The Labute approximate surface area is 121 Å². The second-order valence-electron chi connectivity index (χ2n) is 4.04. The summed E-state index contributed by atoms with van der Waals surface area (Å²) in [7, 11) is -3.56. The van der Waals surface area contributed by atoms with Gasteiger partial charge in [0.15, 0.2) is 5.75 Å². The van der Waals surface area contributed by atoms with Gasteiger partial charge in [0.25, 0.3) is 0 Å². The molecule has 19 heavy (non-hydrogen) atoms. The normalized spacial score (nSPS) is 17.4. The van der Waals surface area contributed by atoms with E-state index in [4.69, 9.17) is 4.74 Å². The van der Waals surface area contributed by atoms with Crippen molar-refractivity contribution in [1.29, 1.82) is 0 Å². The third kappa shape index (κ3) is 3.07. The molecule has 0 atom stereocenters. The number of sulfonamides is 1. The molecule has 0 saturated carbocycles. The summed E-state index contributed by atoms with van der Waals surface area (Å²) in [6.07, 6.45) is 2.87. The smallest absolute Gasteiger partial charge is 0.248 e. The van der Waals surface area contributed by atoms with E-state index in [-0.39, 0.29) is 4.90 Å². The minimum atomic E-state index is -3.56. The van der Waals surface area contributed by atoms with Crippen molar-refractivity contribution in [2.75, 3.05) is 32.8 Å². The van der Waals surface area contributed by atoms with Gasteiger partial charge in [-0.1, -0.05) is 0 Å². The summed E-state index contributed by atoms with van der Waals surface area (Å²) >= 11 is 3.28. The molecule has 2 heterocycles. The zero-order valence-corrected chi connectivity index (χ0v) is 13.0. The fraction of sp³-hybridized carbons (Fsp3) is 0.545. The number of halogens is 1. The van der Waals surface area contributed by atoms with Crippen LogP contribution in [0.1, 0.15) is 6.92 Å².